The van der Waals surface area contributed by atoms with Gasteiger partial charge in [-0.15, -0.1) is 21.5 Å². The summed E-state index contributed by atoms with van der Waals surface area (Å²) in [5.74, 6) is 0.455. The Balaban J connectivity index is 1.87. The molecule has 0 radical (unpaired) electrons. The highest BCUT2D eigenvalue weighted by atomic mass is 32.1. The molecule has 11 heteroatoms. The van der Waals surface area contributed by atoms with Crippen LogP contribution in [0.25, 0.3) is 21.6 Å². The van der Waals surface area contributed by atoms with Gasteiger partial charge in [-0.2, -0.15) is 23.5 Å². The fraction of sp³-hybridized carbons (Fsp3) is 0.267. The Morgan fingerprint density at radius 2 is 2.15 bits per heavy atom. The van der Waals surface area contributed by atoms with Crippen LogP contribution in [0.15, 0.2) is 23.6 Å². The second-order valence-electron chi connectivity index (χ2n) is 5.62. The number of aryl methyl sites for hydroxylation is 3. The lowest BCUT2D eigenvalue weighted by Crippen LogP contribution is -2.09. The summed E-state index contributed by atoms with van der Waals surface area (Å²) in [5.41, 5.74) is 0.0321. The van der Waals surface area contributed by atoms with Gasteiger partial charge in [0.15, 0.2) is 11.5 Å². The second kappa shape index (κ2) is 6.16. The average molecular weight is 379 g/mol. The highest BCUT2D eigenvalue weighted by Crippen LogP contribution is 2.38. The number of alkyl halides is 3. The third-order valence-corrected chi connectivity index (χ3v) is 4.79. The van der Waals surface area contributed by atoms with Crippen LogP contribution in [0.1, 0.15) is 17.1 Å². The average Bonchev–Trinajstić information content (AvgIpc) is 3.33. The summed E-state index contributed by atoms with van der Waals surface area (Å²) in [4.78, 5) is 5.13. The molecule has 1 N–H and O–H groups in total. The molecule has 0 aliphatic carbocycles. The van der Waals surface area contributed by atoms with Crippen LogP contribution in [0, 0.1) is 6.92 Å². The zero-order valence-corrected chi connectivity index (χ0v) is 14.3. The number of aromatic nitrogens is 7. The van der Waals surface area contributed by atoms with Gasteiger partial charge >= 0.3 is 6.18 Å². The topological polar surface area (TPSA) is 85.2 Å². The van der Waals surface area contributed by atoms with Crippen molar-refractivity contribution in [2.24, 2.45) is 0 Å². The molecular formula is C15H12F3N7S. The summed E-state index contributed by atoms with van der Waals surface area (Å²) in [6, 6.07) is 4.61. The number of rotatable bonds is 4. The molecule has 4 aromatic heterocycles. The van der Waals surface area contributed by atoms with Crippen molar-refractivity contribution < 1.29 is 13.2 Å². The van der Waals surface area contributed by atoms with E-state index >= 15 is 0 Å². The van der Waals surface area contributed by atoms with Gasteiger partial charge in [0.2, 0.25) is 0 Å². The van der Waals surface area contributed by atoms with Gasteiger partial charge < -0.3 is 0 Å². The monoisotopic (exact) mass is 379 g/mol. The summed E-state index contributed by atoms with van der Waals surface area (Å²) in [6.45, 7) is 1.84. The zero-order valence-electron chi connectivity index (χ0n) is 13.4. The van der Waals surface area contributed by atoms with Crippen molar-refractivity contribution in [3.63, 3.8) is 0 Å². The van der Waals surface area contributed by atoms with Crippen LogP contribution in [0.2, 0.25) is 0 Å². The summed E-state index contributed by atoms with van der Waals surface area (Å²) in [7, 11) is 0. The van der Waals surface area contributed by atoms with Crippen molar-refractivity contribution in [3.05, 3.63) is 40.7 Å². The van der Waals surface area contributed by atoms with E-state index < -0.39 is 11.7 Å². The zero-order chi connectivity index (χ0) is 18.3. The Kier molecular flexibility index (Phi) is 3.94. The first-order valence-electron chi connectivity index (χ1n) is 7.65. The van der Waals surface area contributed by atoms with E-state index in [9.17, 15) is 13.2 Å². The van der Waals surface area contributed by atoms with Crippen molar-refractivity contribution in [1.29, 1.82) is 0 Å². The number of aromatic amines is 1. The molecule has 0 saturated carbocycles. The molecule has 26 heavy (non-hydrogen) atoms. The van der Waals surface area contributed by atoms with Gasteiger partial charge in [-0.05, 0) is 24.4 Å². The third kappa shape index (κ3) is 2.94. The maximum Gasteiger partial charge on any atom is 0.417 e. The molecule has 134 valence electrons. The van der Waals surface area contributed by atoms with Crippen molar-refractivity contribution in [2.45, 2.75) is 26.1 Å². The van der Waals surface area contributed by atoms with E-state index in [1.165, 1.54) is 16.0 Å². The number of hydrogen-bond acceptors (Lipinski definition) is 6. The largest absolute Gasteiger partial charge is 0.417 e. The number of halogens is 3. The van der Waals surface area contributed by atoms with Crippen molar-refractivity contribution in [2.75, 3.05) is 0 Å². The Morgan fingerprint density at radius 1 is 1.31 bits per heavy atom. The molecule has 0 aliphatic heterocycles. The van der Waals surface area contributed by atoms with Crippen molar-refractivity contribution >= 4 is 22.4 Å². The molecule has 7 nitrogen and oxygen atoms in total. The van der Waals surface area contributed by atoms with Crippen molar-refractivity contribution in [1.82, 2.24) is 35.4 Å². The number of tetrazole rings is 1. The number of fused-ring (bicyclic) bond motifs is 1. The third-order valence-electron chi connectivity index (χ3n) is 3.89. The highest BCUT2D eigenvalue weighted by Gasteiger charge is 2.35. The minimum absolute atomic E-state index is 0.0194. The number of H-pyrrole nitrogens is 1. The summed E-state index contributed by atoms with van der Waals surface area (Å²) in [6.07, 6.45) is -4.13. The van der Waals surface area contributed by atoms with Crippen LogP contribution in [-0.2, 0) is 19.1 Å². The van der Waals surface area contributed by atoms with Gasteiger partial charge in [0, 0.05) is 6.42 Å². The van der Waals surface area contributed by atoms with E-state index in [0.717, 1.165) is 6.07 Å². The molecule has 0 atom stereocenters. The lowest BCUT2D eigenvalue weighted by Gasteiger charge is -2.11. The van der Waals surface area contributed by atoms with Gasteiger partial charge in [0.25, 0.3) is 0 Å². The van der Waals surface area contributed by atoms with Crippen LogP contribution in [0.5, 0.6) is 0 Å². The molecule has 0 saturated heterocycles. The van der Waals surface area contributed by atoms with E-state index in [2.05, 4.69) is 30.7 Å². The van der Waals surface area contributed by atoms with E-state index in [-0.39, 0.29) is 22.4 Å². The van der Waals surface area contributed by atoms with Crippen LogP contribution in [0.3, 0.4) is 0 Å². The molecule has 0 aliphatic rings. The predicted molar refractivity (Wildman–Crippen MR) is 88.5 cm³/mol. The minimum Gasteiger partial charge on any atom is -0.247 e. The summed E-state index contributed by atoms with van der Waals surface area (Å²) >= 11 is 1.34. The Labute approximate surface area is 148 Å². The Hall–Kier alpha value is -2.82. The molecule has 0 aromatic carbocycles. The lowest BCUT2D eigenvalue weighted by molar-refractivity contribution is -0.136. The SMILES string of the molecule is Cc1nn(CCc2nn[nH]n2)c2nc(-c3cccs3)cc(C(F)(F)F)c12. The van der Waals surface area contributed by atoms with Gasteiger partial charge in [-0.1, -0.05) is 11.3 Å². The minimum atomic E-state index is -4.50. The first-order valence-corrected chi connectivity index (χ1v) is 8.53. The second-order valence-corrected chi connectivity index (χ2v) is 6.56. The molecule has 4 rings (SSSR count). The molecule has 0 fully saturated rings. The molecule has 0 unspecified atom stereocenters. The van der Waals surface area contributed by atoms with Crippen LogP contribution >= 0.6 is 11.3 Å². The van der Waals surface area contributed by atoms with Crippen LogP contribution in [-0.4, -0.2) is 35.4 Å². The lowest BCUT2D eigenvalue weighted by atomic mass is 10.1. The quantitative estimate of drug-likeness (QED) is 0.588. The van der Waals surface area contributed by atoms with E-state index in [0.29, 0.717) is 23.7 Å². The number of hydrogen-bond donors (Lipinski definition) is 1. The summed E-state index contributed by atoms with van der Waals surface area (Å²) in [5, 5.41) is 19.6. The maximum atomic E-state index is 13.6. The number of nitrogens with zero attached hydrogens (tertiary/aromatic N) is 6. The standard InChI is InChI=1S/C15H12F3N7S/c1-8-13-9(15(16,17)18)7-10(11-3-2-6-26-11)19-14(13)25(22-8)5-4-12-20-23-24-21-12/h2-3,6-7H,4-5H2,1H3,(H,20,21,23,24). The van der Waals surface area contributed by atoms with Gasteiger partial charge in [0.05, 0.1) is 33.8 Å². The fourth-order valence-electron chi connectivity index (χ4n) is 2.78. The molecule has 4 aromatic rings. The van der Waals surface area contributed by atoms with E-state index in [1.807, 2.05) is 0 Å². The van der Waals surface area contributed by atoms with Gasteiger partial charge in [0.1, 0.15) is 0 Å². The molecule has 0 spiro atoms. The Bertz CT molecular complexity index is 1040. The van der Waals surface area contributed by atoms with E-state index in [1.54, 1.807) is 24.4 Å². The highest BCUT2D eigenvalue weighted by molar-refractivity contribution is 7.13. The first-order chi connectivity index (χ1) is 12.4. The normalized spacial score (nSPS) is 12.2. The van der Waals surface area contributed by atoms with Gasteiger partial charge in [-0.25, -0.2) is 9.67 Å². The smallest absolute Gasteiger partial charge is 0.247 e. The molecular weight excluding hydrogens is 367 g/mol. The van der Waals surface area contributed by atoms with Crippen molar-refractivity contribution in [3.8, 4) is 10.6 Å². The number of pyridine rings is 1. The number of thiophene rings is 1. The summed E-state index contributed by atoms with van der Waals surface area (Å²) < 4.78 is 42.4. The Morgan fingerprint density at radius 3 is 2.81 bits per heavy atom. The predicted octanol–water partition coefficient (Wildman–Crippen LogP) is 3.24. The van der Waals surface area contributed by atoms with Gasteiger partial charge in [-0.3, -0.25) is 0 Å². The molecule has 0 amide bonds. The molecule has 0 bridgehead atoms. The number of nitrogens with one attached hydrogen (secondary N) is 1. The maximum absolute atomic E-state index is 13.6. The fourth-order valence-corrected chi connectivity index (χ4v) is 3.46. The van der Waals surface area contributed by atoms with E-state index in [4.69, 9.17) is 0 Å². The first kappa shape index (κ1) is 16.6. The van der Waals surface area contributed by atoms with Crippen LogP contribution < -0.4 is 0 Å². The van der Waals surface area contributed by atoms with Crippen LogP contribution in [0.4, 0.5) is 13.2 Å². The molecule has 4 heterocycles.